The third-order valence-electron chi connectivity index (χ3n) is 4.07. The third kappa shape index (κ3) is 3.71. The summed E-state index contributed by atoms with van der Waals surface area (Å²) in [6.45, 7) is 9.25. The average molecular weight is 251 g/mol. The number of nitrogens with zero attached hydrogens (tertiary/aromatic N) is 2. The van der Waals surface area contributed by atoms with Crippen LogP contribution in [0.2, 0.25) is 0 Å². The summed E-state index contributed by atoms with van der Waals surface area (Å²) < 4.78 is 0. The molecule has 0 bridgehead atoms. The Bertz CT molecular complexity index is 334. The molecule has 0 unspecified atom stereocenters. The van der Waals surface area contributed by atoms with Crippen molar-refractivity contribution in [2.75, 3.05) is 13.1 Å². The molecule has 0 aromatic carbocycles. The number of rotatable bonds is 4. The van der Waals surface area contributed by atoms with Crippen LogP contribution < -0.4 is 5.32 Å². The van der Waals surface area contributed by atoms with Crippen LogP contribution in [0.5, 0.6) is 0 Å². The lowest BCUT2D eigenvalue weighted by Crippen LogP contribution is -2.53. The molecule has 102 valence electrons. The minimum atomic E-state index is -0.768. The summed E-state index contributed by atoms with van der Waals surface area (Å²) in [5.74, 6) is 0.0618. The van der Waals surface area contributed by atoms with E-state index in [0.29, 0.717) is 12.6 Å². The van der Waals surface area contributed by atoms with Gasteiger partial charge in [-0.05, 0) is 39.2 Å². The lowest BCUT2D eigenvalue weighted by molar-refractivity contribution is -0.124. The molecule has 0 aliphatic carbocycles. The monoisotopic (exact) mass is 251 g/mol. The van der Waals surface area contributed by atoms with Gasteiger partial charge in [-0.15, -0.1) is 0 Å². The molecule has 1 N–H and O–H groups in total. The van der Waals surface area contributed by atoms with Crippen molar-refractivity contribution in [2.24, 2.45) is 5.92 Å². The van der Waals surface area contributed by atoms with Crippen molar-refractivity contribution in [3.63, 3.8) is 0 Å². The summed E-state index contributed by atoms with van der Waals surface area (Å²) in [7, 11) is 0. The summed E-state index contributed by atoms with van der Waals surface area (Å²) in [6.07, 6.45) is 3.57. The molecule has 1 aliphatic heterocycles. The van der Waals surface area contributed by atoms with Crippen LogP contribution in [0.4, 0.5) is 0 Å². The minimum absolute atomic E-state index is 0.0403. The molecule has 1 rings (SSSR count). The predicted octanol–water partition coefficient (Wildman–Crippen LogP) is 1.92. The summed E-state index contributed by atoms with van der Waals surface area (Å²) in [5, 5.41) is 12.1. The number of piperidine rings is 1. The quantitative estimate of drug-likeness (QED) is 0.830. The maximum Gasteiger partial charge on any atom is 0.235 e. The van der Waals surface area contributed by atoms with Gasteiger partial charge in [-0.3, -0.25) is 9.69 Å². The van der Waals surface area contributed by atoms with Gasteiger partial charge in [0.2, 0.25) is 5.91 Å². The highest BCUT2D eigenvalue weighted by atomic mass is 16.2. The lowest BCUT2D eigenvalue weighted by atomic mass is 9.90. The van der Waals surface area contributed by atoms with Crippen LogP contribution in [-0.2, 0) is 4.79 Å². The normalized spacial score (nSPS) is 24.3. The first-order valence-electron chi connectivity index (χ1n) is 6.85. The third-order valence-corrected chi connectivity index (χ3v) is 4.07. The number of carbonyl (C=O) groups excluding carboxylic acids is 1. The van der Waals surface area contributed by atoms with Crippen molar-refractivity contribution < 1.29 is 4.79 Å². The molecule has 1 heterocycles. The summed E-state index contributed by atoms with van der Waals surface area (Å²) in [6, 6.07) is 2.68. The molecule has 1 fully saturated rings. The SMILES string of the molecule is CC(C)[C@@](C)(C#N)NC(=O)CN1CCCC[C@@H]1C. The van der Waals surface area contributed by atoms with E-state index in [2.05, 4.69) is 23.2 Å². The van der Waals surface area contributed by atoms with E-state index in [1.807, 2.05) is 13.8 Å². The maximum absolute atomic E-state index is 12.0. The lowest BCUT2D eigenvalue weighted by Gasteiger charge is -2.34. The molecule has 1 amide bonds. The van der Waals surface area contributed by atoms with Gasteiger partial charge in [0.1, 0.15) is 5.54 Å². The summed E-state index contributed by atoms with van der Waals surface area (Å²) in [5.41, 5.74) is -0.768. The van der Waals surface area contributed by atoms with Crippen LogP contribution >= 0.6 is 0 Å². The number of amides is 1. The van der Waals surface area contributed by atoms with Crippen LogP contribution in [0, 0.1) is 17.2 Å². The molecule has 1 aliphatic rings. The highest BCUT2D eigenvalue weighted by molar-refractivity contribution is 5.79. The molecule has 0 aromatic heterocycles. The smallest absolute Gasteiger partial charge is 0.235 e. The maximum atomic E-state index is 12.0. The van der Waals surface area contributed by atoms with Crippen LogP contribution in [-0.4, -0.2) is 35.5 Å². The summed E-state index contributed by atoms with van der Waals surface area (Å²) in [4.78, 5) is 14.2. The van der Waals surface area contributed by atoms with E-state index in [0.717, 1.165) is 19.4 Å². The van der Waals surface area contributed by atoms with Crippen LogP contribution in [0.25, 0.3) is 0 Å². The molecule has 0 spiro atoms. The number of hydrogen-bond donors (Lipinski definition) is 1. The Balaban J connectivity index is 2.53. The highest BCUT2D eigenvalue weighted by Crippen LogP contribution is 2.17. The van der Waals surface area contributed by atoms with E-state index in [9.17, 15) is 10.1 Å². The van der Waals surface area contributed by atoms with Gasteiger partial charge in [0.15, 0.2) is 0 Å². The van der Waals surface area contributed by atoms with E-state index >= 15 is 0 Å². The minimum Gasteiger partial charge on any atom is -0.337 e. The van der Waals surface area contributed by atoms with E-state index in [4.69, 9.17) is 0 Å². The topological polar surface area (TPSA) is 56.1 Å². The fourth-order valence-electron chi connectivity index (χ4n) is 2.21. The molecular weight excluding hydrogens is 226 g/mol. The fourth-order valence-corrected chi connectivity index (χ4v) is 2.21. The molecule has 0 saturated carbocycles. The second-order valence-corrected chi connectivity index (χ2v) is 5.83. The van der Waals surface area contributed by atoms with Crippen molar-refractivity contribution in [2.45, 2.75) is 58.5 Å². The average Bonchev–Trinajstić information content (AvgIpc) is 2.31. The second kappa shape index (κ2) is 6.19. The van der Waals surface area contributed by atoms with E-state index < -0.39 is 5.54 Å². The molecule has 18 heavy (non-hydrogen) atoms. The fraction of sp³-hybridized carbons (Fsp3) is 0.857. The Labute approximate surface area is 110 Å². The van der Waals surface area contributed by atoms with Gasteiger partial charge in [0.25, 0.3) is 0 Å². The zero-order valence-electron chi connectivity index (χ0n) is 12.0. The standard InChI is InChI=1S/C14H25N3O/c1-11(2)14(4,10-15)16-13(18)9-17-8-6-5-7-12(17)3/h11-12H,5-9H2,1-4H3,(H,16,18)/t12-,14+/m0/s1. The summed E-state index contributed by atoms with van der Waals surface area (Å²) >= 11 is 0. The predicted molar refractivity (Wildman–Crippen MR) is 71.9 cm³/mol. The first kappa shape index (κ1) is 15.0. The number of nitriles is 1. The Morgan fingerprint density at radius 2 is 2.22 bits per heavy atom. The molecule has 0 aromatic rings. The molecule has 0 radical (unpaired) electrons. The number of nitrogens with one attached hydrogen (secondary N) is 1. The number of hydrogen-bond acceptors (Lipinski definition) is 3. The van der Waals surface area contributed by atoms with Crippen LogP contribution in [0.3, 0.4) is 0 Å². The molecule has 1 saturated heterocycles. The van der Waals surface area contributed by atoms with Gasteiger partial charge >= 0.3 is 0 Å². The van der Waals surface area contributed by atoms with Crippen molar-refractivity contribution in [1.82, 2.24) is 10.2 Å². The van der Waals surface area contributed by atoms with E-state index in [-0.39, 0.29) is 11.8 Å². The Morgan fingerprint density at radius 3 is 2.72 bits per heavy atom. The van der Waals surface area contributed by atoms with Gasteiger partial charge in [-0.1, -0.05) is 20.3 Å². The van der Waals surface area contributed by atoms with E-state index in [1.165, 1.54) is 6.42 Å². The highest BCUT2D eigenvalue weighted by Gasteiger charge is 2.31. The molecular formula is C14H25N3O. The van der Waals surface area contributed by atoms with Crippen molar-refractivity contribution in [3.05, 3.63) is 0 Å². The zero-order chi connectivity index (χ0) is 13.8. The van der Waals surface area contributed by atoms with Crippen molar-refractivity contribution in [3.8, 4) is 6.07 Å². The van der Waals surface area contributed by atoms with Crippen LogP contribution in [0.1, 0.15) is 47.0 Å². The van der Waals surface area contributed by atoms with Gasteiger partial charge in [0, 0.05) is 6.04 Å². The second-order valence-electron chi connectivity index (χ2n) is 5.83. The van der Waals surface area contributed by atoms with Gasteiger partial charge in [0.05, 0.1) is 12.6 Å². The van der Waals surface area contributed by atoms with Crippen LogP contribution in [0.15, 0.2) is 0 Å². The first-order chi connectivity index (χ1) is 8.39. The first-order valence-corrected chi connectivity index (χ1v) is 6.85. The molecule has 4 heteroatoms. The number of likely N-dealkylation sites (tertiary alicyclic amines) is 1. The van der Waals surface area contributed by atoms with Gasteiger partial charge in [-0.25, -0.2) is 0 Å². The van der Waals surface area contributed by atoms with E-state index in [1.54, 1.807) is 6.92 Å². The molecule has 4 nitrogen and oxygen atoms in total. The van der Waals surface area contributed by atoms with Gasteiger partial charge < -0.3 is 5.32 Å². The van der Waals surface area contributed by atoms with Crippen molar-refractivity contribution >= 4 is 5.91 Å². The Kier molecular flexibility index (Phi) is 5.15. The Hall–Kier alpha value is -1.08. The number of carbonyl (C=O) groups is 1. The Morgan fingerprint density at radius 1 is 1.56 bits per heavy atom. The zero-order valence-corrected chi connectivity index (χ0v) is 12.0. The van der Waals surface area contributed by atoms with Gasteiger partial charge in [-0.2, -0.15) is 5.26 Å². The van der Waals surface area contributed by atoms with Crippen molar-refractivity contribution in [1.29, 1.82) is 5.26 Å². The molecule has 2 atom stereocenters. The largest absolute Gasteiger partial charge is 0.337 e.